The fourth-order valence-electron chi connectivity index (χ4n) is 0.864. The summed E-state index contributed by atoms with van der Waals surface area (Å²) in [5, 5.41) is 0. The first-order valence-corrected chi connectivity index (χ1v) is 3.68. The largest absolute Gasteiger partial charge is 0.401 e. The molecule has 0 bridgehead atoms. The summed E-state index contributed by atoms with van der Waals surface area (Å²) < 4.78 is 0. The maximum atomic E-state index is 5.70. The Morgan fingerprint density at radius 2 is 1.92 bits per heavy atom. The highest BCUT2D eigenvalue weighted by atomic mass is 15.0. The summed E-state index contributed by atoms with van der Waals surface area (Å²) in [5.74, 6) is 0. The molecule has 0 saturated heterocycles. The molecule has 0 aliphatic rings. The zero-order valence-corrected chi connectivity index (χ0v) is 7.27. The number of nitrogens with zero attached hydrogens (tertiary/aromatic N) is 1. The molecule has 0 fully saturated rings. The third-order valence-corrected chi connectivity index (χ3v) is 1.69. The van der Waals surface area contributed by atoms with Gasteiger partial charge in [-0.15, -0.1) is 0 Å². The molecule has 8 N–H and O–H groups in total. The normalized spacial score (nSPS) is 17.6. The lowest BCUT2D eigenvalue weighted by Crippen LogP contribution is -2.52. The molecule has 2 unspecified atom stereocenters. The van der Waals surface area contributed by atoms with Crippen LogP contribution in [0.4, 0.5) is 0 Å². The molecule has 5 nitrogen and oxygen atoms in total. The molecule has 5 heteroatoms. The van der Waals surface area contributed by atoms with E-state index < -0.39 is 18.2 Å². The van der Waals surface area contributed by atoms with Crippen molar-refractivity contribution in [3.63, 3.8) is 0 Å². The summed E-state index contributed by atoms with van der Waals surface area (Å²) in [6.45, 7) is 5.14. The Bertz CT molecular complexity index is 175. The van der Waals surface area contributed by atoms with Gasteiger partial charge in [-0.25, -0.2) is 0 Å². The first kappa shape index (κ1) is 11.1. The molecule has 0 aromatic heterocycles. The van der Waals surface area contributed by atoms with E-state index in [0.29, 0.717) is 5.70 Å². The van der Waals surface area contributed by atoms with Crippen molar-refractivity contribution < 1.29 is 0 Å². The van der Waals surface area contributed by atoms with Gasteiger partial charge in [0.1, 0.15) is 0 Å². The van der Waals surface area contributed by atoms with Gasteiger partial charge in [0.25, 0.3) is 0 Å². The van der Waals surface area contributed by atoms with Crippen LogP contribution >= 0.6 is 0 Å². The standard InChI is InChI=1S/C7H17N5/c1-3-4(8)5(9)6(12-2)7(10)11/h3,5-7H,2,8-11H2,1H3/b4-3-. The van der Waals surface area contributed by atoms with Crippen LogP contribution in [0, 0.1) is 0 Å². The summed E-state index contributed by atoms with van der Waals surface area (Å²) in [7, 11) is 0. The number of hydrogen-bond donors (Lipinski definition) is 4. The molecule has 0 amide bonds. The Balaban J connectivity index is 4.41. The van der Waals surface area contributed by atoms with Crippen LogP contribution in [0.15, 0.2) is 16.8 Å². The predicted octanol–water partition coefficient (Wildman–Crippen LogP) is -1.51. The Labute approximate surface area is 72.5 Å². The molecule has 0 aromatic carbocycles. The third kappa shape index (κ3) is 2.61. The van der Waals surface area contributed by atoms with Crippen molar-refractivity contribution in [2.24, 2.45) is 27.9 Å². The van der Waals surface area contributed by atoms with Crippen LogP contribution < -0.4 is 22.9 Å². The summed E-state index contributed by atoms with van der Waals surface area (Å²) in [6, 6.07) is -0.881. The van der Waals surface area contributed by atoms with Gasteiger partial charge in [0.05, 0.1) is 18.2 Å². The van der Waals surface area contributed by atoms with Crippen molar-refractivity contribution in [2.45, 2.75) is 25.2 Å². The zero-order valence-electron chi connectivity index (χ0n) is 7.27. The molecule has 0 saturated carbocycles. The second-order valence-electron chi connectivity index (χ2n) is 2.56. The van der Waals surface area contributed by atoms with E-state index in [2.05, 4.69) is 11.7 Å². The van der Waals surface area contributed by atoms with E-state index in [4.69, 9.17) is 22.9 Å². The number of aliphatic imine (C=N–C) groups is 1. The smallest absolute Gasteiger partial charge is 0.0978 e. The molecule has 0 heterocycles. The zero-order chi connectivity index (χ0) is 9.72. The van der Waals surface area contributed by atoms with E-state index in [1.165, 1.54) is 0 Å². The fraction of sp³-hybridized carbons (Fsp3) is 0.571. The second-order valence-corrected chi connectivity index (χ2v) is 2.56. The predicted molar refractivity (Wildman–Crippen MR) is 51.4 cm³/mol. The van der Waals surface area contributed by atoms with Crippen LogP contribution in [0.5, 0.6) is 0 Å². The quantitative estimate of drug-likeness (QED) is 0.304. The summed E-state index contributed by atoms with van der Waals surface area (Å²) in [4.78, 5) is 3.71. The second kappa shape index (κ2) is 4.87. The summed E-state index contributed by atoms with van der Waals surface area (Å²) in [6.07, 6.45) is 1.07. The van der Waals surface area contributed by atoms with Gasteiger partial charge in [-0.1, -0.05) is 6.08 Å². The topological polar surface area (TPSA) is 116 Å². The molecule has 0 aliphatic heterocycles. The van der Waals surface area contributed by atoms with Gasteiger partial charge < -0.3 is 22.9 Å². The summed E-state index contributed by atoms with van der Waals surface area (Å²) in [5.41, 5.74) is 22.6. The van der Waals surface area contributed by atoms with Crippen LogP contribution in [0.2, 0.25) is 0 Å². The maximum Gasteiger partial charge on any atom is 0.0978 e. The SMILES string of the molecule is C=NC(C(N)N)C(N)/C(N)=C/C. The van der Waals surface area contributed by atoms with E-state index in [9.17, 15) is 0 Å². The Hall–Kier alpha value is -0.910. The maximum absolute atomic E-state index is 5.70. The van der Waals surface area contributed by atoms with Gasteiger partial charge in [-0.3, -0.25) is 4.99 Å². The van der Waals surface area contributed by atoms with Gasteiger partial charge >= 0.3 is 0 Å². The van der Waals surface area contributed by atoms with Crippen molar-refractivity contribution in [2.75, 3.05) is 0 Å². The van der Waals surface area contributed by atoms with E-state index >= 15 is 0 Å². The lowest BCUT2D eigenvalue weighted by atomic mass is 10.0. The highest BCUT2D eigenvalue weighted by Crippen LogP contribution is 2.03. The van der Waals surface area contributed by atoms with E-state index in [1.807, 2.05) is 0 Å². The Morgan fingerprint density at radius 1 is 1.42 bits per heavy atom. The Morgan fingerprint density at radius 3 is 2.17 bits per heavy atom. The lowest BCUT2D eigenvalue weighted by molar-refractivity contribution is 0.487. The molecule has 0 radical (unpaired) electrons. The molecule has 0 aliphatic carbocycles. The van der Waals surface area contributed by atoms with Gasteiger partial charge in [-0.05, 0) is 13.6 Å². The molecular weight excluding hydrogens is 154 g/mol. The van der Waals surface area contributed by atoms with Crippen molar-refractivity contribution in [1.29, 1.82) is 0 Å². The molecule has 0 rings (SSSR count). The van der Waals surface area contributed by atoms with Crippen molar-refractivity contribution in [3.8, 4) is 0 Å². The number of nitrogens with two attached hydrogens (primary N) is 4. The molecule has 70 valence electrons. The minimum Gasteiger partial charge on any atom is -0.401 e. The van der Waals surface area contributed by atoms with Crippen molar-refractivity contribution in [1.82, 2.24) is 0 Å². The molecule has 0 spiro atoms. The monoisotopic (exact) mass is 171 g/mol. The van der Waals surface area contributed by atoms with E-state index in [0.717, 1.165) is 0 Å². The number of rotatable bonds is 4. The average molecular weight is 171 g/mol. The van der Waals surface area contributed by atoms with E-state index in [-0.39, 0.29) is 0 Å². The lowest BCUT2D eigenvalue weighted by Gasteiger charge is -2.22. The van der Waals surface area contributed by atoms with E-state index in [1.54, 1.807) is 13.0 Å². The van der Waals surface area contributed by atoms with Crippen LogP contribution in [-0.2, 0) is 0 Å². The van der Waals surface area contributed by atoms with Crippen molar-refractivity contribution in [3.05, 3.63) is 11.8 Å². The van der Waals surface area contributed by atoms with Gasteiger partial charge in [0.15, 0.2) is 0 Å². The average Bonchev–Trinajstić information content (AvgIpc) is 2.03. The molecule has 0 aromatic rings. The van der Waals surface area contributed by atoms with Crippen molar-refractivity contribution >= 4 is 6.72 Å². The minimum atomic E-state index is -0.629. The van der Waals surface area contributed by atoms with Crippen LogP contribution in [-0.4, -0.2) is 25.0 Å². The van der Waals surface area contributed by atoms with Crippen LogP contribution in [0.1, 0.15) is 6.92 Å². The first-order chi connectivity index (χ1) is 5.54. The van der Waals surface area contributed by atoms with Gasteiger partial charge in [0.2, 0.25) is 0 Å². The molecule has 12 heavy (non-hydrogen) atoms. The van der Waals surface area contributed by atoms with Crippen LogP contribution in [0.3, 0.4) is 0 Å². The first-order valence-electron chi connectivity index (χ1n) is 3.68. The fourth-order valence-corrected chi connectivity index (χ4v) is 0.864. The Kier molecular flexibility index (Phi) is 4.50. The third-order valence-electron chi connectivity index (χ3n) is 1.69. The number of allylic oxidation sites excluding steroid dienone is 1. The highest BCUT2D eigenvalue weighted by molar-refractivity contribution is 5.26. The minimum absolute atomic E-state index is 0.429. The van der Waals surface area contributed by atoms with Gasteiger partial charge in [-0.2, -0.15) is 0 Å². The molecule has 2 atom stereocenters. The molecular formula is C7H17N5. The van der Waals surface area contributed by atoms with Gasteiger partial charge in [0, 0.05) is 5.70 Å². The summed E-state index contributed by atoms with van der Waals surface area (Å²) >= 11 is 0. The highest BCUT2D eigenvalue weighted by Gasteiger charge is 2.21. The van der Waals surface area contributed by atoms with Crippen LogP contribution in [0.25, 0.3) is 0 Å². The number of hydrogen-bond acceptors (Lipinski definition) is 5.